The molecule has 0 spiro atoms. The van der Waals surface area contributed by atoms with Gasteiger partial charge in [0.1, 0.15) is 23.5 Å². The molecule has 0 aliphatic heterocycles. The smallest absolute Gasteiger partial charge is 0.146 e. The van der Waals surface area contributed by atoms with Crippen LogP contribution in [-0.2, 0) is 0 Å². The number of methoxy groups -OCH3 is 1. The quantitative estimate of drug-likeness (QED) is 0.430. The molecule has 152 valence electrons. The molecule has 0 bridgehead atoms. The second-order valence-electron chi connectivity index (χ2n) is 8.02. The van der Waals surface area contributed by atoms with Gasteiger partial charge in [-0.2, -0.15) is 0 Å². The fourth-order valence-electron chi connectivity index (χ4n) is 4.51. The third-order valence-corrected chi connectivity index (χ3v) is 5.99. The van der Waals surface area contributed by atoms with Crippen molar-refractivity contribution >= 4 is 22.5 Å². The van der Waals surface area contributed by atoms with Gasteiger partial charge in [-0.05, 0) is 73.4 Å². The van der Waals surface area contributed by atoms with Gasteiger partial charge in [-0.1, -0.05) is 25.0 Å². The van der Waals surface area contributed by atoms with Gasteiger partial charge in [0, 0.05) is 11.7 Å². The number of nitrogens with zero attached hydrogens (tertiary/aromatic N) is 3. The molecule has 0 saturated heterocycles. The van der Waals surface area contributed by atoms with Crippen LogP contribution < -0.4 is 10.1 Å². The molecule has 4 aromatic rings. The van der Waals surface area contributed by atoms with Crippen LogP contribution in [-0.4, -0.2) is 21.6 Å². The fraction of sp³-hybridized carbons (Fsp3) is 0.280. The zero-order valence-electron chi connectivity index (χ0n) is 17.4. The van der Waals surface area contributed by atoms with E-state index in [-0.39, 0.29) is 0 Å². The summed E-state index contributed by atoms with van der Waals surface area (Å²) in [4.78, 5) is 9.29. The SMILES string of the molecule is COc1ccc(-c2cc3c(Nc4cccc(C)c4)ncnc3n2C2CCCC2)cc1. The standard InChI is InChI=1S/C25H26N4O/c1-17-6-5-7-19(14-17)28-24-22-15-23(18-10-12-21(30-2)13-11-18)29(20-8-3-4-9-20)25(22)27-16-26-24/h5-7,10-16,20H,3-4,8-9H2,1-2H3,(H,26,27,28). The molecule has 1 saturated carbocycles. The highest BCUT2D eigenvalue weighted by atomic mass is 16.5. The number of fused-ring (bicyclic) bond motifs is 1. The lowest BCUT2D eigenvalue weighted by molar-refractivity contribution is 0.415. The third-order valence-electron chi connectivity index (χ3n) is 5.99. The van der Waals surface area contributed by atoms with Gasteiger partial charge in [0.2, 0.25) is 0 Å². The first-order valence-corrected chi connectivity index (χ1v) is 10.6. The topological polar surface area (TPSA) is 52.0 Å². The predicted molar refractivity (Wildman–Crippen MR) is 121 cm³/mol. The van der Waals surface area contributed by atoms with Crippen LogP contribution in [0.2, 0.25) is 0 Å². The van der Waals surface area contributed by atoms with E-state index in [1.807, 2.05) is 12.1 Å². The van der Waals surface area contributed by atoms with Gasteiger partial charge in [0.25, 0.3) is 0 Å². The van der Waals surface area contributed by atoms with Crippen LogP contribution in [0.4, 0.5) is 11.5 Å². The molecule has 2 heterocycles. The molecule has 5 rings (SSSR count). The first-order valence-electron chi connectivity index (χ1n) is 10.6. The molecular weight excluding hydrogens is 372 g/mol. The summed E-state index contributed by atoms with van der Waals surface area (Å²) in [6.07, 6.45) is 6.59. The van der Waals surface area contributed by atoms with Gasteiger partial charge in [0.15, 0.2) is 0 Å². The molecule has 2 aromatic heterocycles. The second-order valence-corrected chi connectivity index (χ2v) is 8.02. The van der Waals surface area contributed by atoms with Crippen LogP contribution in [0.3, 0.4) is 0 Å². The summed E-state index contributed by atoms with van der Waals surface area (Å²) >= 11 is 0. The monoisotopic (exact) mass is 398 g/mol. The Morgan fingerprint density at radius 2 is 1.80 bits per heavy atom. The molecule has 5 heteroatoms. The van der Waals surface area contributed by atoms with Crippen LogP contribution in [0.25, 0.3) is 22.3 Å². The van der Waals surface area contributed by atoms with E-state index in [0.29, 0.717) is 6.04 Å². The number of aryl methyl sites for hydroxylation is 1. The summed E-state index contributed by atoms with van der Waals surface area (Å²) in [5, 5.41) is 4.56. The Kier molecular flexibility index (Phi) is 4.87. The summed E-state index contributed by atoms with van der Waals surface area (Å²) in [6, 6.07) is 19.3. The predicted octanol–water partition coefficient (Wildman–Crippen LogP) is 6.27. The largest absolute Gasteiger partial charge is 0.497 e. The Morgan fingerprint density at radius 1 is 1.00 bits per heavy atom. The minimum Gasteiger partial charge on any atom is -0.497 e. The van der Waals surface area contributed by atoms with Crippen molar-refractivity contribution in [1.29, 1.82) is 0 Å². The minimum atomic E-state index is 0.473. The molecular formula is C25H26N4O. The van der Waals surface area contributed by atoms with Gasteiger partial charge in [-0.3, -0.25) is 0 Å². The summed E-state index contributed by atoms with van der Waals surface area (Å²) in [7, 11) is 1.70. The van der Waals surface area contributed by atoms with E-state index in [1.54, 1.807) is 13.4 Å². The summed E-state index contributed by atoms with van der Waals surface area (Å²) < 4.78 is 7.77. The zero-order valence-corrected chi connectivity index (χ0v) is 17.4. The second kappa shape index (κ2) is 7.82. The third kappa shape index (κ3) is 3.41. The van der Waals surface area contributed by atoms with Gasteiger partial charge >= 0.3 is 0 Å². The lowest BCUT2D eigenvalue weighted by Crippen LogP contribution is -2.07. The number of benzene rings is 2. The summed E-state index contributed by atoms with van der Waals surface area (Å²) in [6.45, 7) is 2.10. The Bertz CT molecular complexity index is 1170. The van der Waals surface area contributed by atoms with Crippen molar-refractivity contribution in [2.24, 2.45) is 0 Å². The normalized spacial score (nSPS) is 14.3. The first kappa shape index (κ1) is 18.7. The Labute approximate surface area is 176 Å². The van der Waals surface area contributed by atoms with Crippen molar-refractivity contribution in [3.63, 3.8) is 0 Å². The summed E-state index contributed by atoms with van der Waals surface area (Å²) in [5.41, 5.74) is 5.61. The van der Waals surface area contributed by atoms with Gasteiger partial charge in [-0.25, -0.2) is 9.97 Å². The molecule has 1 aliphatic rings. The number of nitrogens with one attached hydrogen (secondary N) is 1. The van der Waals surface area contributed by atoms with Gasteiger partial charge in [0.05, 0.1) is 18.2 Å². The van der Waals surface area contributed by atoms with E-state index in [2.05, 4.69) is 64.3 Å². The highest BCUT2D eigenvalue weighted by molar-refractivity contribution is 5.94. The molecule has 0 amide bonds. The highest BCUT2D eigenvalue weighted by Crippen LogP contribution is 2.39. The lowest BCUT2D eigenvalue weighted by atomic mass is 10.1. The fourth-order valence-corrected chi connectivity index (χ4v) is 4.51. The molecule has 0 atom stereocenters. The molecule has 1 N–H and O–H groups in total. The van der Waals surface area contributed by atoms with Crippen molar-refractivity contribution in [3.05, 3.63) is 66.5 Å². The number of rotatable bonds is 5. The van der Waals surface area contributed by atoms with Crippen molar-refractivity contribution in [2.45, 2.75) is 38.6 Å². The Hall–Kier alpha value is -3.34. The molecule has 1 aliphatic carbocycles. The molecule has 5 nitrogen and oxygen atoms in total. The number of ether oxygens (including phenoxy) is 1. The Morgan fingerprint density at radius 3 is 2.53 bits per heavy atom. The van der Waals surface area contributed by atoms with E-state index in [0.717, 1.165) is 28.3 Å². The van der Waals surface area contributed by atoms with E-state index < -0.39 is 0 Å². The molecule has 0 unspecified atom stereocenters. The van der Waals surface area contributed by atoms with Crippen LogP contribution in [0.5, 0.6) is 5.75 Å². The molecule has 1 fully saturated rings. The zero-order chi connectivity index (χ0) is 20.5. The molecule has 2 aromatic carbocycles. The maximum atomic E-state index is 5.35. The van der Waals surface area contributed by atoms with E-state index in [4.69, 9.17) is 9.72 Å². The van der Waals surface area contributed by atoms with E-state index in [1.165, 1.54) is 42.5 Å². The van der Waals surface area contributed by atoms with E-state index in [9.17, 15) is 0 Å². The molecule has 30 heavy (non-hydrogen) atoms. The average molecular weight is 399 g/mol. The highest BCUT2D eigenvalue weighted by Gasteiger charge is 2.24. The molecule has 0 radical (unpaired) electrons. The van der Waals surface area contributed by atoms with Crippen LogP contribution >= 0.6 is 0 Å². The van der Waals surface area contributed by atoms with Crippen molar-refractivity contribution in [3.8, 4) is 17.0 Å². The summed E-state index contributed by atoms with van der Waals surface area (Å²) in [5.74, 6) is 1.71. The van der Waals surface area contributed by atoms with Crippen LogP contribution in [0.15, 0.2) is 60.9 Å². The number of hydrogen-bond donors (Lipinski definition) is 1. The Balaban J connectivity index is 1.65. The van der Waals surface area contributed by atoms with Crippen molar-refractivity contribution < 1.29 is 4.74 Å². The maximum absolute atomic E-state index is 5.35. The number of anilines is 2. The average Bonchev–Trinajstić information content (AvgIpc) is 3.42. The maximum Gasteiger partial charge on any atom is 0.146 e. The van der Waals surface area contributed by atoms with Crippen molar-refractivity contribution in [1.82, 2.24) is 14.5 Å². The van der Waals surface area contributed by atoms with Crippen LogP contribution in [0.1, 0.15) is 37.3 Å². The van der Waals surface area contributed by atoms with E-state index >= 15 is 0 Å². The first-order chi connectivity index (χ1) is 14.7. The number of aromatic nitrogens is 3. The minimum absolute atomic E-state index is 0.473. The van der Waals surface area contributed by atoms with Crippen LogP contribution in [0, 0.1) is 6.92 Å². The number of hydrogen-bond acceptors (Lipinski definition) is 4. The van der Waals surface area contributed by atoms with Crippen molar-refractivity contribution in [2.75, 3.05) is 12.4 Å². The van der Waals surface area contributed by atoms with Gasteiger partial charge < -0.3 is 14.6 Å². The van der Waals surface area contributed by atoms with Gasteiger partial charge in [-0.15, -0.1) is 0 Å². The lowest BCUT2D eigenvalue weighted by Gasteiger charge is -2.17.